The molecule has 0 spiro atoms. The van der Waals surface area contributed by atoms with Gasteiger partial charge < -0.3 is 10.6 Å². The summed E-state index contributed by atoms with van der Waals surface area (Å²) >= 11 is 0. The molecule has 1 saturated carbocycles. The molecule has 0 heterocycles. The molecule has 1 unspecified atom stereocenters. The number of rotatable bonds is 6. The summed E-state index contributed by atoms with van der Waals surface area (Å²) in [4.78, 5) is 12.2. The number of hydrogen-bond donors (Lipinski definition) is 2. The van der Waals surface area contributed by atoms with Crippen molar-refractivity contribution in [3.05, 3.63) is 54.6 Å². The van der Waals surface area contributed by atoms with Crippen LogP contribution in [0.5, 0.6) is 0 Å². The number of nitriles is 1. The van der Waals surface area contributed by atoms with Crippen molar-refractivity contribution >= 4 is 11.6 Å². The summed E-state index contributed by atoms with van der Waals surface area (Å²) in [6, 6.07) is 20.2. The highest BCUT2D eigenvalue weighted by atomic mass is 16.2. The molecule has 4 heteroatoms. The van der Waals surface area contributed by atoms with E-state index in [1.165, 1.54) is 0 Å². The molecule has 1 amide bonds. The van der Waals surface area contributed by atoms with Crippen LogP contribution in [0.15, 0.2) is 54.6 Å². The van der Waals surface area contributed by atoms with Crippen LogP contribution in [0.3, 0.4) is 0 Å². The zero-order valence-corrected chi connectivity index (χ0v) is 13.8. The highest BCUT2D eigenvalue weighted by molar-refractivity contribution is 5.85. The molecule has 2 aromatic rings. The largest absolute Gasteiger partial charge is 0.376 e. The van der Waals surface area contributed by atoms with Gasteiger partial charge in [0.1, 0.15) is 5.54 Å². The van der Waals surface area contributed by atoms with Gasteiger partial charge in [-0.15, -0.1) is 0 Å². The van der Waals surface area contributed by atoms with Gasteiger partial charge in [0.05, 0.1) is 12.6 Å². The fourth-order valence-electron chi connectivity index (χ4n) is 2.90. The van der Waals surface area contributed by atoms with Crippen LogP contribution in [-0.4, -0.2) is 18.0 Å². The minimum absolute atomic E-state index is 0.147. The van der Waals surface area contributed by atoms with Gasteiger partial charge in [-0.1, -0.05) is 48.5 Å². The van der Waals surface area contributed by atoms with Crippen LogP contribution in [0.1, 0.15) is 19.8 Å². The third-order valence-corrected chi connectivity index (χ3v) is 4.48. The number of nitrogens with one attached hydrogen (secondary N) is 2. The molecule has 3 rings (SSSR count). The van der Waals surface area contributed by atoms with E-state index in [0.717, 1.165) is 29.7 Å². The highest BCUT2D eigenvalue weighted by Crippen LogP contribution is 2.39. The Morgan fingerprint density at radius 2 is 1.83 bits per heavy atom. The van der Waals surface area contributed by atoms with E-state index in [1.54, 1.807) is 6.92 Å². The molecule has 24 heavy (non-hydrogen) atoms. The molecule has 122 valence electrons. The molecule has 1 aliphatic rings. The van der Waals surface area contributed by atoms with Gasteiger partial charge in [0.2, 0.25) is 5.91 Å². The maximum Gasteiger partial charge on any atom is 0.240 e. The summed E-state index contributed by atoms with van der Waals surface area (Å²) in [5.41, 5.74) is 2.30. The first kappa shape index (κ1) is 16.1. The molecule has 1 fully saturated rings. The zero-order chi connectivity index (χ0) is 17.0. The van der Waals surface area contributed by atoms with Gasteiger partial charge >= 0.3 is 0 Å². The molecule has 2 N–H and O–H groups in total. The third kappa shape index (κ3) is 3.57. The van der Waals surface area contributed by atoms with Crippen molar-refractivity contribution in [3.63, 3.8) is 0 Å². The summed E-state index contributed by atoms with van der Waals surface area (Å²) in [5.74, 6) is 0.122. The van der Waals surface area contributed by atoms with Crippen molar-refractivity contribution < 1.29 is 4.79 Å². The first-order chi connectivity index (χ1) is 11.6. The minimum Gasteiger partial charge on any atom is -0.376 e. The standard InChI is InChI=1S/C20H21N3O/c1-20(14-21,16-11-12-16)23-19(24)13-22-18-10-6-5-9-17(18)15-7-3-2-4-8-15/h2-10,16,22H,11-13H2,1H3,(H,23,24). The molecule has 0 radical (unpaired) electrons. The van der Waals surface area contributed by atoms with E-state index in [2.05, 4.69) is 16.7 Å². The van der Waals surface area contributed by atoms with Crippen molar-refractivity contribution in [2.75, 3.05) is 11.9 Å². The number of benzene rings is 2. The number of nitrogens with zero attached hydrogens (tertiary/aromatic N) is 1. The normalized spacial score (nSPS) is 15.8. The van der Waals surface area contributed by atoms with Crippen molar-refractivity contribution in [2.45, 2.75) is 25.3 Å². The van der Waals surface area contributed by atoms with Gasteiger partial charge in [-0.05, 0) is 37.3 Å². The maximum absolute atomic E-state index is 12.2. The second-order valence-corrected chi connectivity index (χ2v) is 6.40. The van der Waals surface area contributed by atoms with Crippen LogP contribution in [-0.2, 0) is 4.79 Å². The summed E-state index contributed by atoms with van der Waals surface area (Å²) in [5, 5.41) is 15.4. The molecule has 0 saturated heterocycles. The van der Waals surface area contributed by atoms with Gasteiger partial charge in [0.25, 0.3) is 0 Å². The predicted octanol–water partition coefficient (Wildman–Crippen LogP) is 3.57. The fourth-order valence-corrected chi connectivity index (χ4v) is 2.90. The van der Waals surface area contributed by atoms with E-state index in [-0.39, 0.29) is 18.4 Å². The SMILES string of the molecule is CC(C#N)(NC(=O)CNc1ccccc1-c1ccccc1)C1CC1. The Hall–Kier alpha value is -2.80. The second-order valence-electron chi connectivity index (χ2n) is 6.40. The number of anilines is 1. The Morgan fingerprint density at radius 3 is 2.50 bits per heavy atom. The van der Waals surface area contributed by atoms with Crippen LogP contribution in [0, 0.1) is 17.2 Å². The number of carbonyl (C=O) groups excluding carboxylic acids is 1. The lowest BCUT2D eigenvalue weighted by molar-refractivity contribution is -0.120. The molecule has 0 bridgehead atoms. The Kier molecular flexibility index (Phi) is 4.52. The molecule has 2 aromatic carbocycles. The van der Waals surface area contributed by atoms with E-state index in [9.17, 15) is 10.1 Å². The lowest BCUT2D eigenvalue weighted by Crippen LogP contribution is -2.48. The van der Waals surface area contributed by atoms with Crippen LogP contribution in [0.25, 0.3) is 11.1 Å². The average Bonchev–Trinajstić information content (AvgIpc) is 3.46. The van der Waals surface area contributed by atoms with Crippen LogP contribution in [0.4, 0.5) is 5.69 Å². The van der Waals surface area contributed by atoms with E-state index < -0.39 is 5.54 Å². The van der Waals surface area contributed by atoms with Crippen molar-refractivity contribution in [2.24, 2.45) is 5.92 Å². The average molecular weight is 319 g/mol. The lowest BCUT2D eigenvalue weighted by atomic mass is 9.98. The van der Waals surface area contributed by atoms with E-state index in [4.69, 9.17) is 0 Å². The number of amides is 1. The monoisotopic (exact) mass is 319 g/mol. The summed E-state index contributed by atoms with van der Waals surface area (Å²) in [6.45, 7) is 1.95. The first-order valence-electron chi connectivity index (χ1n) is 8.23. The van der Waals surface area contributed by atoms with Crippen molar-refractivity contribution in [3.8, 4) is 17.2 Å². The molecule has 1 aliphatic carbocycles. The molecular weight excluding hydrogens is 298 g/mol. The van der Waals surface area contributed by atoms with Gasteiger partial charge in [-0.25, -0.2) is 0 Å². The number of hydrogen-bond acceptors (Lipinski definition) is 3. The topological polar surface area (TPSA) is 64.9 Å². The Morgan fingerprint density at radius 1 is 1.17 bits per heavy atom. The first-order valence-corrected chi connectivity index (χ1v) is 8.23. The van der Waals surface area contributed by atoms with Gasteiger partial charge in [-0.3, -0.25) is 4.79 Å². The molecule has 1 atom stereocenters. The van der Waals surface area contributed by atoms with Gasteiger partial charge in [0, 0.05) is 11.3 Å². The van der Waals surface area contributed by atoms with Crippen LogP contribution in [0.2, 0.25) is 0 Å². The molecule has 4 nitrogen and oxygen atoms in total. The quantitative estimate of drug-likeness (QED) is 0.855. The number of para-hydroxylation sites is 1. The molecule has 0 aromatic heterocycles. The Labute approximate surface area is 142 Å². The smallest absolute Gasteiger partial charge is 0.240 e. The Balaban J connectivity index is 1.67. The minimum atomic E-state index is -0.752. The summed E-state index contributed by atoms with van der Waals surface area (Å²) in [7, 11) is 0. The predicted molar refractivity (Wildman–Crippen MR) is 95.3 cm³/mol. The molecule has 0 aliphatic heterocycles. The van der Waals surface area contributed by atoms with E-state index >= 15 is 0 Å². The van der Waals surface area contributed by atoms with Gasteiger partial charge in [0.15, 0.2) is 0 Å². The summed E-state index contributed by atoms with van der Waals surface area (Å²) < 4.78 is 0. The Bertz CT molecular complexity index is 762. The highest BCUT2D eigenvalue weighted by Gasteiger charge is 2.42. The zero-order valence-electron chi connectivity index (χ0n) is 13.8. The maximum atomic E-state index is 12.2. The van der Waals surface area contributed by atoms with Crippen LogP contribution < -0.4 is 10.6 Å². The van der Waals surface area contributed by atoms with Crippen LogP contribution >= 0.6 is 0 Å². The number of carbonyl (C=O) groups is 1. The fraction of sp³-hybridized carbons (Fsp3) is 0.300. The molecular formula is C20H21N3O. The van der Waals surface area contributed by atoms with E-state index in [0.29, 0.717) is 0 Å². The van der Waals surface area contributed by atoms with Crippen molar-refractivity contribution in [1.82, 2.24) is 5.32 Å². The van der Waals surface area contributed by atoms with Gasteiger partial charge in [-0.2, -0.15) is 5.26 Å². The third-order valence-electron chi connectivity index (χ3n) is 4.48. The summed E-state index contributed by atoms with van der Waals surface area (Å²) in [6.07, 6.45) is 2.02. The second kappa shape index (κ2) is 6.76. The van der Waals surface area contributed by atoms with E-state index in [1.807, 2.05) is 54.6 Å². The van der Waals surface area contributed by atoms with Crippen molar-refractivity contribution in [1.29, 1.82) is 5.26 Å². The lowest BCUT2D eigenvalue weighted by Gasteiger charge is -2.23.